The number of hydrogen-bond acceptors (Lipinski definition) is 2. The van der Waals surface area contributed by atoms with Crippen LogP contribution >= 0.6 is 0 Å². The van der Waals surface area contributed by atoms with E-state index >= 15 is 0 Å². The van der Waals surface area contributed by atoms with Gasteiger partial charge in [-0.2, -0.15) is 0 Å². The number of carboxylic acid groups (broad SMARTS) is 1. The summed E-state index contributed by atoms with van der Waals surface area (Å²) in [4.78, 5) is 9.87. The number of aliphatic carboxylic acids is 1. The van der Waals surface area contributed by atoms with Crippen LogP contribution < -0.4 is 0 Å². The minimum Gasteiger partial charge on any atom is -0.516 e. The zero-order valence-electron chi connectivity index (χ0n) is 6.92. The predicted molar refractivity (Wildman–Crippen MR) is 44.6 cm³/mol. The fourth-order valence-electron chi connectivity index (χ4n) is 0.526. The Bertz CT molecular complexity index is 99.5. The van der Waals surface area contributed by atoms with Gasteiger partial charge in [0, 0.05) is 6.42 Å². The van der Waals surface area contributed by atoms with Gasteiger partial charge < -0.3 is 10.2 Å². The van der Waals surface area contributed by atoms with Crippen LogP contribution in [0.3, 0.4) is 0 Å². The molecule has 0 bridgehead atoms. The first-order chi connectivity index (χ1) is 5.18. The first-order valence-corrected chi connectivity index (χ1v) is 3.65. The molecule has 66 valence electrons. The first-order valence-electron chi connectivity index (χ1n) is 3.65. The lowest BCUT2D eigenvalue weighted by atomic mass is 10.2. The van der Waals surface area contributed by atoms with Crippen LogP contribution in [0.5, 0.6) is 0 Å². The van der Waals surface area contributed by atoms with Crippen LogP contribution in [-0.4, -0.2) is 16.2 Å². The van der Waals surface area contributed by atoms with Gasteiger partial charge in [-0.05, 0) is 6.42 Å². The molecule has 0 fully saturated rings. The number of hydrogen-bond donors (Lipinski definition) is 2. The Balaban J connectivity index is 0. The van der Waals surface area contributed by atoms with E-state index in [0.717, 1.165) is 25.5 Å². The molecule has 0 atom stereocenters. The maximum atomic E-state index is 9.87. The molecule has 0 heterocycles. The predicted octanol–water partition coefficient (Wildman–Crippen LogP) is 2.34. The van der Waals surface area contributed by atoms with Crippen molar-refractivity contribution < 1.29 is 15.0 Å². The summed E-state index contributed by atoms with van der Waals surface area (Å²) in [5, 5.41) is 15.5. The lowest BCUT2D eigenvalue weighted by Crippen LogP contribution is -1.92. The maximum absolute atomic E-state index is 9.87. The average molecular weight is 160 g/mol. The van der Waals surface area contributed by atoms with E-state index in [2.05, 4.69) is 13.5 Å². The van der Waals surface area contributed by atoms with Gasteiger partial charge in [-0.25, -0.2) is 0 Å². The van der Waals surface area contributed by atoms with Gasteiger partial charge in [-0.1, -0.05) is 26.3 Å². The highest BCUT2D eigenvalue weighted by atomic mass is 16.4. The summed E-state index contributed by atoms with van der Waals surface area (Å²) in [5.41, 5.74) is 0. The van der Waals surface area contributed by atoms with E-state index in [4.69, 9.17) is 10.2 Å². The molecular formula is C8H16O3. The normalized spacial score (nSPS) is 7.73. The third kappa shape index (κ3) is 27.5. The summed E-state index contributed by atoms with van der Waals surface area (Å²) < 4.78 is 0. The molecule has 0 saturated carbocycles. The van der Waals surface area contributed by atoms with E-state index in [1.807, 2.05) is 0 Å². The molecule has 3 nitrogen and oxygen atoms in total. The molecule has 0 aromatic heterocycles. The molecule has 0 rings (SSSR count). The van der Waals surface area contributed by atoms with E-state index in [-0.39, 0.29) is 0 Å². The highest BCUT2D eigenvalue weighted by Gasteiger charge is 1.92. The van der Waals surface area contributed by atoms with Crippen molar-refractivity contribution in [1.82, 2.24) is 0 Å². The largest absolute Gasteiger partial charge is 0.516 e. The van der Waals surface area contributed by atoms with Crippen molar-refractivity contribution >= 4 is 5.97 Å². The van der Waals surface area contributed by atoms with Gasteiger partial charge in [0.2, 0.25) is 0 Å². The van der Waals surface area contributed by atoms with Crippen LogP contribution in [0.2, 0.25) is 0 Å². The molecule has 0 aliphatic rings. The van der Waals surface area contributed by atoms with E-state index in [1.165, 1.54) is 0 Å². The van der Waals surface area contributed by atoms with Crippen molar-refractivity contribution in [3.63, 3.8) is 0 Å². The molecular weight excluding hydrogens is 144 g/mol. The summed E-state index contributed by atoms with van der Waals surface area (Å²) in [6, 6.07) is 0. The minimum absolute atomic E-state index is 0.327. The van der Waals surface area contributed by atoms with E-state index in [0.29, 0.717) is 6.42 Å². The quantitative estimate of drug-likeness (QED) is 0.490. The zero-order valence-corrected chi connectivity index (χ0v) is 6.92. The van der Waals surface area contributed by atoms with Crippen LogP contribution in [0.1, 0.15) is 32.6 Å². The van der Waals surface area contributed by atoms with Gasteiger partial charge >= 0.3 is 5.97 Å². The molecule has 3 heteroatoms. The summed E-state index contributed by atoms with van der Waals surface area (Å²) >= 11 is 0. The number of unbranched alkanes of at least 4 members (excludes halogenated alkanes) is 2. The number of aliphatic hydroxyl groups excluding tert-OH is 1. The van der Waals surface area contributed by atoms with E-state index in [9.17, 15) is 4.79 Å². The zero-order chi connectivity index (χ0) is 9.11. The van der Waals surface area contributed by atoms with E-state index in [1.54, 1.807) is 0 Å². The number of aliphatic hydroxyl groups is 1. The third-order valence-corrected chi connectivity index (χ3v) is 0.994. The van der Waals surface area contributed by atoms with Crippen molar-refractivity contribution in [3.8, 4) is 0 Å². The van der Waals surface area contributed by atoms with Crippen molar-refractivity contribution in [2.75, 3.05) is 0 Å². The highest BCUT2D eigenvalue weighted by molar-refractivity contribution is 5.66. The van der Waals surface area contributed by atoms with Gasteiger partial charge in [0.05, 0.1) is 6.26 Å². The third-order valence-electron chi connectivity index (χ3n) is 0.994. The fraction of sp³-hybridized carbons (Fsp3) is 0.625. The summed E-state index contributed by atoms with van der Waals surface area (Å²) in [6.45, 7) is 4.97. The van der Waals surface area contributed by atoms with Crippen molar-refractivity contribution in [3.05, 3.63) is 12.8 Å². The van der Waals surface area contributed by atoms with Gasteiger partial charge in [0.15, 0.2) is 0 Å². The van der Waals surface area contributed by atoms with Crippen LogP contribution in [0.25, 0.3) is 0 Å². The van der Waals surface area contributed by atoms with Gasteiger partial charge in [0.1, 0.15) is 0 Å². The lowest BCUT2D eigenvalue weighted by Gasteiger charge is -1.89. The Kier molecular flexibility index (Phi) is 13.5. The summed E-state index contributed by atoms with van der Waals surface area (Å²) in [7, 11) is 0. The van der Waals surface area contributed by atoms with Crippen molar-refractivity contribution in [1.29, 1.82) is 0 Å². The van der Waals surface area contributed by atoms with Gasteiger partial charge in [-0.3, -0.25) is 4.79 Å². The lowest BCUT2D eigenvalue weighted by molar-refractivity contribution is -0.137. The Morgan fingerprint density at radius 2 is 2.00 bits per heavy atom. The molecule has 0 saturated heterocycles. The molecule has 11 heavy (non-hydrogen) atoms. The average Bonchev–Trinajstić information content (AvgIpc) is 1.89. The van der Waals surface area contributed by atoms with Gasteiger partial charge in [0.25, 0.3) is 0 Å². The molecule has 0 unspecified atom stereocenters. The number of carbonyl (C=O) groups is 1. The topological polar surface area (TPSA) is 57.5 Å². The standard InChI is InChI=1S/C6H12O2.C2H4O/c1-2-3-4-5-6(7)8;1-2-3/h2-5H2,1H3,(H,7,8);2-3H,1H2. The Labute approximate surface area is 67.4 Å². The maximum Gasteiger partial charge on any atom is 0.303 e. The SMILES string of the molecule is C=CO.CCCCCC(=O)O. The minimum atomic E-state index is -0.682. The van der Waals surface area contributed by atoms with Crippen LogP contribution in [0.15, 0.2) is 12.8 Å². The Morgan fingerprint density at radius 1 is 1.55 bits per heavy atom. The molecule has 0 aromatic carbocycles. The monoisotopic (exact) mass is 160 g/mol. The first kappa shape index (κ1) is 12.7. The second kappa shape index (κ2) is 11.8. The van der Waals surface area contributed by atoms with Gasteiger partial charge in [-0.15, -0.1) is 0 Å². The molecule has 0 spiro atoms. The second-order valence-corrected chi connectivity index (χ2v) is 2.03. The molecule has 0 aromatic rings. The fourth-order valence-corrected chi connectivity index (χ4v) is 0.526. The molecule has 2 N–H and O–H groups in total. The van der Waals surface area contributed by atoms with E-state index < -0.39 is 5.97 Å². The Hall–Kier alpha value is -0.990. The molecule has 0 amide bonds. The van der Waals surface area contributed by atoms with Crippen molar-refractivity contribution in [2.24, 2.45) is 0 Å². The molecule has 0 radical (unpaired) electrons. The smallest absolute Gasteiger partial charge is 0.303 e. The molecule has 0 aliphatic carbocycles. The summed E-state index contributed by atoms with van der Waals surface area (Å²) in [6.07, 6.45) is 4.03. The number of rotatable bonds is 4. The van der Waals surface area contributed by atoms with Crippen molar-refractivity contribution in [2.45, 2.75) is 32.6 Å². The summed E-state index contributed by atoms with van der Waals surface area (Å²) in [5.74, 6) is -0.682. The van der Waals surface area contributed by atoms with Crippen LogP contribution in [0, 0.1) is 0 Å². The highest BCUT2D eigenvalue weighted by Crippen LogP contribution is 1.97. The van der Waals surface area contributed by atoms with Crippen LogP contribution in [0.4, 0.5) is 0 Å². The van der Waals surface area contributed by atoms with Crippen LogP contribution in [-0.2, 0) is 4.79 Å². The number of carboxylic acids is 1. The second-order valence-electron chi connectivity index (χ2n) is 2.03. The molecule has 0 aliphatic heterocycles. The Morgan fingerprint density at radius 3 is 2.27 bits per heavy atom.